The van der Waals surface area contributed by atoms with Gasteiger partial charge in [0.1, 0.15) is 0 Å². The summed E-state index contributed by atoms with van der Waals surface area (Å²) in [5.41, 5.74) is 0. The molecule has 1 nitrogen and oxygen atoms in total. The molecular formula is C11H20F3N. The van der Waals surface area contributed by atoms with Crippen LogP contribution in [0.1, 0.15) is 44.9 Å². The molecule has 90 valence electrons. The van der Waals surface area contributed by atoms with Crippen LogP contribution in [0.25, 0.3) is 0 Å². The van der Waals surface area contributed by atoms with Gasteiger partial charge in [0.25, 0.3) is 0 Å². The van der Waals surface area contributed by atoms with Crippen molar-refractivity contribution in [1.29, 1.82) is 0 Å². The van der Waals surface area contributed by atoms with Crippen LogP contribution >= 0.6 is 0 Å². The third kappa shape index (κ3) is 4.87. The molecule has 1 aliphatic rings. The first-order valence-corrected chi connectivity index (χ1v) is 5.77. The van der Waals surface area contributed by atoms with E-state index in [0.717, 1.165) is 0 Å². The Morgan fingerprint density at radius 2 is 1.87 bits per heavy atom. The minimum absolute atomic E-state index is 0.255. The summed E-state index contributed by atoms with van der Waals surface area (Å²) < 4.78 is 35.9. The van der Waals surface area contributed by atoms with E-state index in [1.54, 1.807) is 0 Å². The standard InChI is InChI=1S/C11H20F3N/c1-15-10(9-5-2-3-6-9)7-4-8-11(12,13)14/h9-10,15H,2-8H2,1H3. The maximum absolute atomic E-state index is 12.0. The third-order valence-corrected chi connectivity index (χ3v) is 3.32. The fraction of sp³-hybridized carbons (Fsp3) is 1.00. The number of rotatable bonds is 5. The largest absolute Gasteiger partial charge is 0.389 e. The molecule has 1 fully saturated rings. The van der Waals surface area contributed by atoms with Crippen molar-refractivity contribution in [1.82, 2.24) is 5.32 Å². The lowest BCUT2D eigenvalue weighted by Gasteiger charge is -2.23. The Kier molecular flexibility index (Phi) is 4.90. The average Bonchev–Trinajstić information content (AvgIpc) is 2.63. The molecule has 1 rings (SSSR count). The average molecular weight is 223 g/mol. The molecular weight excluding hydrogens is 203 g/mol. The molecule has 0 spiro atoms. The molecule has 1 N–H and O–H groups in total. The van der Waals surface area contributed by atoms with E-state index in [-0.39, 0.29) is 12.5 Å². The summed E-state index contributed by atoms with van der Waals surface area (Å²) in [6.45, 7) is 0. The van der Waals surface area contributed by atoms with E-state index in [9.17, 15) is 13.2 Å². The monoisotopic (exact) mass is 223 g/mol. The Morgan fingerprint density at radius 3 is 2.33 bits per heavy atom. The molecule has 0 aromatic rings. The predicted octanol–water partition coefficient (Wildman–Crippen LogP) is 3.50. The lowest BCUT2D eigenvalue weighted by atomic mass is 9.93. The normalized spacial score (nSPS) is 20.8. The van der Waals surface area contributed by atoms with Crippen molar-refractivity contribution in [2.24, 2.45) is 5.92 Å². The van der Waals surface area contributed by atoms with Gasteiger partial charge in [-0.1, -0.05) is 12.8 Å². The fourth-order valence-electron chi connectivity index (χ4n) is 2.50. The molecule has 0 bridgehead atoms. The Hall–Kier alpha value is -0.250. The van der Waals surface area contributed by atoms with E-state index in [0.29, 0.717) is 12.3 Å². The van der Waals surface area contributed by atoms with Gasteiger partial charge in [-0.25, -0.2) is 0 Å². The third-order valence-electron chi connectivity index (χ3n) is 3.32. The molecule has 4 heteroatoms. The first kappa shape index (κ1) is 12.8. The second kappa shape index (κ2) is 5.73. The van der Waals surface area contributed by atoms with Gasteiger partial charge in [0, 0.05) is 12.5 Å². The second-order valence-corrected chi connectivity index (χ2v) is 4.45. The minimum Gasteiger partial charge on any atom is -0.317 e. The molecule has 15 heavy (non-hydrogen) atoms. The molecule has 1 unspecified atom stereocenters. The van der Waals surface area contributed by atoms with Gasteiger partial charge in [0.05, 0.1) is 0 Å². The van der Waals surface area contributed by atoms with E-state index in [4.69, 9.17) is 0 Å². The van der Waals surface area contributed by atoms with Crippen LogP contribution < -0.4 is 5.32 Å². The number of halogens is 3. The first-order valence-electron chi connectivity index (χ1n) is 5.77. The van der Waals surface area contributed by atoms with Gasteiger partial charge in [-0.15, -0.1) is 0 Å². The zero-order chi connectivity index (χ0) is 11.3. The van der Waals surface area contributed by atoms with E-state index >= 15 is 0 Å². The number of nitrogens with one attached hydrogen (secondary N) is 1. The van der Waals surface area contributed by atoms with E-state index in [1.807, 2.05) is 7.05 Å². The van der Waals surface area contributed by atoms with Crippen molar-refractivity contribution in [2.45, 2.75) is 57.2 Å². The summed E-state index contributed by atoms with van der Waals surface area (Å²) >= 11 is 0. The van der Waals surface area contributed by atoms with E-state index in [1.165, 1.54) is 25.7 Å². The Morgan fingerprint density at radius 1 is 1.27 bits per heavy atom. The highest BCUT2D eigenvalue weighted by molar-refractivity contribution is 4.79. The van der Waals surface area contributed by atoms with Gasteiger partial charge in [-0.2, -0.15) is 13.2 Å². The summed E-state index contributed by atoms with van der Waals surface area (Å²) in [5, 5.41) is 3.16. The molecule has 0 radical (unpaired) electrons. The molecule has 1 saturated carbocycles. The number of hydrogen-bond acceptors (Lipinski definition) is 1. The molecule has 0 amide bonds. The smallest absolute Gasteiger partial charge is 0.317 e. The Balaban J connectivity index is 2.21. The maximum atomic E-state index is 12.0. The lowest BCUT2D eigenvalue weighted by Crippen LogP contribution is -2.32. The van der Waals surface area contributed by atoms with Gasteiger partial charge in [-0.3, -0.25) is 0 Å². The quantitative estimate of drug-likeness (QED) is 0.752. The first-order chi connectivity index (χ1) is 7.03. The van der Waals surface area contributed by atoms with Crippen molar-refractivity contribution in [3.8, 4) is 0 Å². The number of hydrogen-bond donors (Lipinski definition) is 1. The van der Waals surface area contributed by atoms with Crippen molar-refractivity contribution in [3.05, 3.63) is 0 Å². The minimum atomic E-state index is -3.99. The molecule has 1 atom stereocenters. The van der Waals surface area contributed by atoms with Crippen molar-refractivity contribution < 1.29 is 13.2 Å². The molecule has 1 aliphatic carbocycles. The summed E-state index contributed by atoms with van der Waals surface area (Å²) in [7, 11) is 1.86. The van der Waals surface area contributed by atoms with Gasteiger partial charge in [-0.05, 0) is 38.6 Å². The van der Waals surface area contributed by atoms with Crippen LogP contribution in [-0.2, 0) is 0 Å². The van der Waals surface area contributed by atoms with Gasteiger partial charge < -0.3 is 5.32 Å². The van der Waals surface area contributed by atoms with Crippen LogP contribution in [0.2, 0.25) is 0 Å². The van der Waals surface area contributed by atoms with E-state index in [2.05, 4.69) is 5.32 Å². The zero-order valence-corrected chi connectivity index (χ0v) is 9.24. The summed E-state index contributed by atoms with van der Waals surface area (Å²) in [4.78, 5) is 0. The van der Waals surface area contributed by atoms with E-state index < -0.39 is 12.6 Å². The molecule has 0 aliphatic heterocycles. The lowest BCUT2D eigenvalue weighted by molar-refractivity contribution is -0.136. The number of alkyl halides is 3. The van der Waals surface area contributed by atoms with Crippen molar-refractivity contribution in [2.75, 3.05) is 7.05 Å². The Labute approximate surface area is 89.4 Å². The van der Waals surface area contributed by atoms with Gasteiger partial charge >= 0.3 is 6.18 Å². The van der Waals surface area contributed by atoms with Crippen LogP contribution in [-0.4, -0.2) is 19.3 Å². The highest BCUT2D eigenvalue weighted by Gasteiger charge is 2.28. The zero-order valence-electron chi connectivity index (χ0n) is 9.24. The van der Waals surface area contributed by atoms with Crippen LogP contribution in [0.3, 0.4) is 0 Å². The van der Waals surface area contributed by atoms with Crippen LogP contribution in [0, 0.1) is 5.92 Å². The SMILES string of the molecule is CNC(CCCC(F)(F)F)C1CCCC1. The highest BCUT2D eigenvalue weighted by atomic mass is 19.4. The topological polar surface area (TPSA) is 12.0 Å². The second-order valence-electron chi connectivity index (χ2n) is 4.45. The molecule has 0 saturated heterocycles. The van der Waals surface area contributed by atoms with Crippen LogP contribution in [0.4, 0.5) is 13.2 Å². The molecule has 0 aromatic carbocycles. The maximum Gasteiger partial charge on any atom is 0.389 e. The van der Waals surface area contributed by atoms with Crippen molar-refractivity contribution in [3.63, 3.8) is 0 Å². The molecule has 0 aromatic heterocycles. The fourth-order valence-corrected chi connectivity index (χ4v) is 2.50. The predicted molar refractivity (Wildman–Crippen MR) is 54.7 cm³/mol. The highest BCUT2D eigenvalue weighted by Crippen LogP contribution is 2.31. The summed E-state index contributed by atoms with van der Waals surface area (Å²) in [6.07, 6.45) is 1.11. The van der Waals surface area contributed by atoms with Crippen molar-refractivity contribution >= 4 is 0 Å². The van der Waals surface area contributed by atoms with Crippen LogP contribution in [0.5, 0.6) is 0 Å². The Bertz CT molecular complexity index is 173. The molecule has 0 heterocycles. The van der Waals surface area contributed by atoms with Gasteiger partial charge in [0.15, 0.2) is 0 Å². The summed E-state index contributed by atoms with van der Waals surface area (Å²) in [5.74, 6) is 0.600. The van der Waals surface area contributed by atoms with Crippen LogP contribution in [0.15, 0.2) is 0 Å². The van der Waals surface area contributed by atoms with Gasteiger partial charge in [0.2, 0.25) is 0 Å². The summed E-state index contributed by atoms with van der Waals surface area (Å²) in [6, 6.07) is 0.287.